The van der Waals surface area contributed by atoms with Crippen molar-refractivity contribution in [3.63, 3.8) is 0 Å². The van der Waals surface area contributed by atoms with Gasteiger partial charge in [-0.05, 0) is 37.1 Å². The maximum atomic E-state index is 5.57. The Kier molecular flexibility index (Phi) is 3.10. The van der Waals surface area contributed by atoms with Crippen LogP contribution in [0.4, 0.5) is 11.7 Å². The van der Waals surface area contributed by atoms with Gasteiger partial charge >= 0.3 is 6.01 Å². The molecule has 4 nitrogen and oxygen atoms in total. The lowest BCUT2D eigenvalue weighted by atomic mass is 10.1. The lowest BCUT2D eigenvalue weighted by Crippen LogP contribution is -1.91. The van der Waals surface area contributed by atoms with Crippen LogP contribution in [-0.2, 0) is 5.88 Å². The van der Waals surface area contributed by atoms with E-state index >= 15 is 0 Å². The molecule has 0 amide bonds. The van der Waals surface area contributed by atoms with E-state index in [1.165, 1.54) is 11.1 Å². The number of nitrogens with one attached hydrogen (secondary N) is 1. The molecule has 0 saturated carbocycles. The van der Waals surface area contributed by atoms with Gasteiger partial charge in [-0.3, -0.25) is 0 Å². The van der Waals surface area contributed by atoms with Gasteiger partial charge in [0.1, 0.15) is 5.88 Å². The summed E-state index contributed by atoms with van der Waals surface area (Å²) >= 11 is 5.57. The van der Waals surface area contributed by atoms with Crippen molar-refractivity contribution in [1.29, 1.82) is 0 Å². The standard InChI is InChI=1S/C11H12ClN3O/c1-7-3-4-9(5-8(7)2)13-11-15-14-10(6-12)16-11/h3-5H,6H2,1-2H3,(H,13,15). The van der Waals surface area contributed by atoms with E-state index in [4.69, 9.17) is 16.0 Å². The molecule has 84 valence electrons. The monoisotopic (exact) mass is 237 g/mol. The van der Waals surface area contributed by atoms with Crippen LogP contribution in [0.25, 0.3) is 0 Å². The first kappa shape index (κ1) is 11.0. The molecule has 1 heterocycles. The minimum Gasteiger partial charge on any atom is -0.407 e. The fourth-order valence-electron chi connectivity index (χ4n) is 1.30. The lowest BCUT2D eigenvalue weighted by molar-refractivity contribution is 0.530. The van der Waals surface area contributed by atoms with E-state index in [1.807, 2.05) is 18.2 Å². The van der Waals surface area contributed by atoms with Crippen molar-refractivity contribution in [3.05, 3.63) is 35.2 Å². The number of halogens is 1. The number of anilines is 2. The summed E-state index contributed by atoms with van der Waals surface area (Å²) in [7, 11) is 0. The Morgan fingerprint density at radius 1 is 1.25 bits per heavy atom. The fourth-order valence-corrected chi connectivity index (χ4v) is 1.41. The first-order valence-corrected chi connectivity index (χ1v) is 5.45. The number of rotatable bonds is 3. The highest BCUT2D eigenvalue weighted by atomic mass is 35.5. The maximum Gasteiger partial charge on any atom is 0.320 e. The Morgan fingerprint density at radius 3 is 2.69 bits per heavy atom. The summed E-state index contributed by atoms with van der Waals surface area (Å²) in [5, 5.41) is 10.6. The second-order valence-corrected chi connectivity index (χ2v) is 3.83. The fraction of sp³-hybridized carbons (Fsp3) is 0.273. The van der Waals surface area contributed by atoms with Crippen LogP contribution in [0.5, 0.6) is 0 Å². The van der Waals surface area contributed by atoms with Crippen LogP contribution in [0, 0.1) is 13.8 Å². The smallest absolute Gasteiger partial charge is 0.320 e. The number of benzene rings is 1. The van der Waals surface area contributed by atoms with Crippen LogP contribution in [0.3, 0.4) is 0 Å². The van der Waals surface area contributed by atoms with E-state index in [0.29, 0.717) is 11.9 Å². The third kappa shape index (κ3) is 2.33. The van der Waals surface area contributed by atoms with Gasteiger partial charge in [0.25, 0.3) is 0 Å². The van der Waals surface area contributed by atoms with Crippen LogP contribution in [0.1, 0.15) is 17.0 Å². The summed E-state index contributed by atoms with van der Waals surface area (Å²) < 4.78 is 5.24. The molecule has 0 atom stereocenters. The number of hydrogen-bond donors (Lipinski definition) is 1. The zero-order valence-corrected chi connectivity index (χ0v) is 9.88. The van der Waals surface area contributed by atoms with E-state index < -0.39 is 0 Å². The molecular weight excluding hydrogens is 226 g/mol. The van der Waals surface area contributed by atoms with E-state index in [9.17, 15) is 0 Å². The highest BCUT2D eigenvalue weighted by Crippen LogP contribution is 2.18. The molecule has 0 bridgehead atoms. The zero-order chi connectivity index (χ0) is 11.5. The second kappa shape index (κ2) is 4.53. The van der Waals surface area contributed by atoms with E-state index in [1.54, 1.807) is 0 Å². The van der Waals surface area contributed by atoms with Gasteiger partial charge < -0.3 is 9.73 Å². The summed E-state index contributed by atoms with van der Waals surface area (Å²) in [5.74, 6) is 0.634. The van der Waals surface area contributed by atoms with Crippen LogP contribution in [-0.4, -0.2) is 10.2 Å². The molecule has 0 unspecified atom stereocenters. The lowest BCUT2D eigenvalue weighted by Gasteiger charge is -2.04. The van der Waals surface area contributed by atoms with Crippen LogP contribution in [0.2, 0.25) is 0 Å². The molecule has 16 heavy (non-hydrogen) atoms. The summed E-state index contributed by atoms with van der Waals surface area (Å²) in [6, 6.07) is 6.39. The summed E-state index contributed by atoms with van der Waals surface area (Å²) in [4.78, 5) is 0. The minimum absolute atomic E-state index is 0.224. The molecule has 0 radical (unpaired) electrons. The van der Waals surface area contributed by atoms with Crippen LogP contribution in [0.15, 0.2) is 22.6 Å². The van der Waals surface area contributed by atoms with Gasteiger partial charge in [0.05, 0.1) is 0 Å². The Balaban J connectivity index is 2.17. The first-order valence-electron chi connectivity index (χ1n) is 4.91. The van der Waals surface area contributed by atoms with Crippen molar-refractivity contribution in [2.24, 2.45) is 0 Å². The molecule has 1 aromatic carbocycles. The molecule has 2 rings (SSSR count). The van der Waals surface area contributed by atoms with Crippen LogP contribution < -0.4 is 5.32 Å². The van der Waals surface area contributed by atoms with E-state index in [0.717, 1.165) is 5.69 Å². The number of nitrogens with zero attached hydrogens (tertiary/aromatic N) is 2. The summed E-state index contributed by atoms with van der Waals surface area (Å²) in [5.41, 5.74) is 3.38. The number of alkyl halides is 1. The third-order valence-corrected chi connectivity index (χ3v) is 2.57. The average Bonchev–Trinajstić information content (AvgIpc) is 2.71. The Hall–Kier alpha value is -1.55. The predicted octanol–water partition coefficient (Wildman–Crippen LogP) is 3.17. The molecule has 5 heteroatoms. The maximum absolute atomic E-state index is 5.57. The normalized spacial score (nSPS) is 10.4. The van der Waals surface area contributed by atoms with Crippen molar-refractivity contribution in [2.75, 3.05) is 5.32 Å². The summed E-state index contributed by atoms with van der Waals surface area (Å²) in [6.45, 7) is 4.12. The molecule has 0 fully saturated rings. The highest BCUT2D eigenvalue weighted by molar-refractivity contribution is 6.16. The van der Waals surface area contributed by atoms with E-state index in [-0.39, 0.29) is 5.88 Å². The van der Waals surface area contributed by atoms with E-state index in [2.05, 4.69) is 29.4 Å². The molecule has 0 aliphatic carbocycles. The highest BCUT2D eigenvalue weighted by Gasteiger charge is 2.05. The third-order valence-electron chi connectivity index (χ3n) is 2.34. The molecule has 2 aromatic rings. The average molecular weight is 238 g/mol. The van der Waals surface area contributed by atoms with Gasteiger partial charge in [-0.2, -0.15) is 0 Å². The van der Waals surface area contributed by atoms with Gasteiger partial charge in [-0.15, -0.1) is 16.7 Å². The Bertz CT molecular complexity index is 496. The number of aryl methyl sites for hydroxylation is 2. The Morgan fingerprint density at radius 2 is 2.06 bits per heavy atom. The van der Waals surface area contributed by atoms with Crippen molar-refractivity contribution in [3.8, 4) is 0 Å². The predicted molar refractivity (Wildman–Crippen MR) is 63.1 cm³/mol. The van der Waals surface area contributed by atoms with Crippen molar-refractivity contribution >= 4 is 23.3 Å². The SMILES string of the molecule is Cc1ccc(Nc2nnc(CCl)o2)cc1C. The molecule has 0 saturated heterocycles. The number of aromatic nitrogens is 2. The van der Waals surface area contributed by atoms with Gasteiger partial charge in [0, 0.05) is 5.69 Å². The number of hydrogen-bond acceptors (Lipinski definition) is 4. The minimum atomic E-state index is 0.224. The molecular formula is C11H12ClN3O. The molecule has 0 spiro atoms. The zero-order valence-electron chi connectivity index (χ0n) is 9.12. The first-order chi connectivity index (χ1) is 7.69. The topological polar surface area (TPSA) is 51.0 Å². The van der Waals surface area contributed by atoms with Crippen LogP contribution >= 0.6 is 11.6 Å². The molecule has 1 N–H and O–H groups in total. The van der Waals surface area contributed by atoms with Gasteiger partial charge in [0.15, 0.2) is 0 Å². The second-order valence-electron chi connectivity index (χ2n) is 3.56. The Labute approximate surface area is 98.6 Å². The van der Waals surface area contributed by atoms with Gasteiger partial charge in [0.2, 0.25) is 5.89 Å². The van der Waals surface area contributed by atoms with Crippen molar-refractivity contribution < 1.29 is 4.42 Å². The summed E-state index contributed by atoms with van der Waals surface area (Å²) in [6.07, 6.45) is 0. The molecule has 0 aliphatic heterocycles. The van der Waals surface area contributed by atoms with Gasteiger partial charge in [-0.1, -0.05) is 11.2 Å². The molecule has 0 aliphatic rings. The van der Waals surface area contributed by atoms with Crippen molar-refractivity contribution in [1.82, 2.24) is 10.2 Å². The van der Waals surface area contributed by atoms with Gasteiger partial charge in [-0.25, -0.2) is 0 Å². The molecule has 1 aromatic heterocycles. The quantitative estimate of drug-likeness (QED) is 0.833. The largest absolute Gasteiger partial charge is 0.407 e. The van der Waals surface area contributed by atoms with Crippen molar-refractivity contribution in [2.45, 2.75) is 19.7 Å².